The highest BCUT2D eigenvalue weighted by Crippen LogP contribution is 2.29. The SMILES string of the molecule is Cc1ccc(-c2c(N)cnn2C)cc1[N+](=O)[O-]. The highest BCUT2D eigenvalue weighted by Gasteiger charge is 2.15. The van der Waals surface area contributed by atoms with Crippen LogP contribution in [-0.4, -0.2) is 14.7 Å². The Kier molecular flexibility index (Phi) is 2.55. The zero-order valence-corrected chi connectivity index (χ0v) is 9.54. The third-order valence-corrected chi connectivity index (χ3v) is 2.65. The van der Waals surface area contributed by atoms with E-state index in [0.29, 0.717) is 22.5 Å². The molecule has 0 radical (unpaired) electrons. The second-order valence-electron chi connectivity index (χ2n) is 3.83. The Balaban J connectivity index is 2.62. The number of nitro benzene ring substituents is 1. The van der Waals surface area contributed by atoms with Crippen molar-refractivity contribution in [2.75, 3.05) is 5.73 Å². The molecule has 6 heteroatoms. The predicted molar refractivity (Wildman–Crippen MR) is 64.4 cm³/mol. The van der Waals surface area contributed by atoms with Gasteiger partial charge in [0.05, 0.1) is 22.5 Å². The van der Waals surface area contributed by atoms with Crippen molar-refractivity contribution in [1.29, 1.82) is 0 Å². The van der Waals surface area contributed by atoms with Crippen molar-refractivity contribution in [2.24, 2.45) is 7.05 Å². The molecule has 0 aliphatic carbocycles. The van der Waals surface area contributed by atoms with Crippen molar-refractivity contribution in [1.82, 2.24) is 9.78 Å². The van der Waals surface area contributed by atoms with Gasteiger partial charge in [-0.2, -0.15) is 5.10 Å². The minimum atomic E-state index is -0.397. The molecule has 88 valence electrons. The standard InChI is InChI=1S/C11H12N4O2/c1-7-3-4-8(5-10(7)15(16)17)11-9(12)6-13-14(11)2/h3-6H,12H2,1-2H3. The molecule has 0 atom stereocenters. The molecule has 0 saturated heterocycles. The smallest absolute Gasteiger partial charge is 0.272 e. The van der Waals surface area contributed by atoms with Crippen LogP contribution in [0.5, 0.6) is 0 Å². The number of hydrogen-bond donors (Lipinski definition) is 1. The molecule has 1 heterocycles. The number of nitro groups is 1. The molecule has 0 spiro atoms. The summed E-state index contributed by atoms with van der Waals surface area (Å²) in [6.07, 6.45) is 1.53. The van der Waals surface area contributed by atoms with Crippen LogP contribution in [0.1, 0.15) is 5.56 Å². The zero-order valence-electron chi connectivity index (χ0n) is 9.54. The lowest BCUT2D eigenvalue weighted by Crippen LogP contribution is -1.98. The number of aromatic nitrogens is 2. The lowest BCUT2D eigenvalue weighted by Gasteiger charge is -2.05. The van der Waals surface area contributed by atoms with E-state index in [1.165, 1.54) is 12.3 Å². The van der Waals surface area contributed by atoms with Gasteiger partial charge in [0.15, 0.2) is 0 Å². The molecule has 0 saturated carbocycles. The van der Waals surface area contributed by atoms with Crippen LogP contribution in [0.3, 0.4) is 0 Å². The Morgan fingerprint density at radius 2 is 2.18 bits per heavy atom. The van der Waals surface area contributed by atoms with Gasteiger partial charge in [0.1, 0.15) is 0 Å². The third kappa shape index (κ3) is 1.84. The maximum Gasteiger partial charge on any atom is 0.272 e. The lowest BCUT2D eigenvalue weighted by molar-refractivity contribution is -0.385. The zero-order chi connectivity index (χ0) is 12.6. The average molecular weight is 232 g/mol. The molecule has 1 aromatic carbocycles. The molecule has 0 fully saturated rings. The molecule has 0 aliphatic heterocycles. The highest BCUT2D eigenvalue weighted by atomic mass is 16.6. The summed E-state index contributed by atoms with van der Waals surface area (Å²) < 4.78 is 1.60. The van der Waals surface area contributed by atoms with Gasteiger partial charge in [-0.1, -0.05) is 12.1 Å². The van der Waals surface area contributed by atoms with Crippen molar-refractivity contribution in [2.45, 2.75) is 6.92 Å². The van der Waals surface area contributed by atoms with E-state index in [1.54, 1.807) is 30.8 Å². The van der Waals surface area contributed by atoms with E-state index in [4.69, 9.17) is 5.73 Å². The molecule has 6 nitrogen and oxygen atoms in total. The second-order valence-corrected chi connectivity index (χ2v) is 3.83. The Morgan fingerprint density at radius 3 is 2.71 bits per heavy atom. The fraction of sp³-hybridized carbons (Fsp3) is 0.182. The van der Waals surface area contributed by atoms with Crippen molar-refractivity contribution in [3.8, 4) is 11.3 Å². The highest BCUT2D eigenvalue weighted by molar-refractivity contribution is 5.74. The molecular weight excluding hydrogens is 220 g/mol. The topological polar surface area (TPSA) is 87.0 Å². The predicted octanol–water partition coefficient (Wildman–Crippen LogP) is 1.89. The number of nitrogen functional groups attached to an aromatic ring is 1. The van der Waals surface area contributed by atoms with E-state index in [1.807, 2.05) is 0 Å². The molecule has 2 N–H and O–H groups in total. The van der Waals surface area contributed by atoms with E-state index in [0.717, 1.165) is 0 Å². The summed E-state index contributed by atoms with van der Waals surface area (Å²) in [5, 5.41) is 14.9. The number of aryl methyl sites for hydroxylation is 2. The normalized spacial score (nSPS) is 10.5. The van der Waals surface area contributed by atoms with Crippen molar-refractivity contribution >= 4 is 11.4 Å². The summed E-state index contributed by atoms with van der Waals surface area (Å²) in [6, 6.07) is 5.03. The monoisotopic (exact) mass is 232 g/mol. The van der Waals surface area contributed by atoms with E-state index in [2.05, 4.69) is 5.10 Å². The minimum Gasteiger partial charge on any atom is -0.396 e. The quantitative estimate of drug-likeness (QED) is 0.632. The van der Waals surface area contributed by atoms with E-state index < -0.39 is 4.92 Å². The van der Waals surface area contributed by atoms with Crippen LogP contribution in [-0.2, 0) is 7.05 Å². The summed E-state index contributed by atoms with van der Waals surface area (Å²) in [4.78, 5) is 10.5. The fourth-order valence-electron chi connectivity index (χ4n) is 1.76. The Bertz CT molecular complexity index is 570. The third-order valence-electron chi connectivity index (χ3n) is 2.65. The Morgan fingerprint density at radius 1 is 1.47 bits per heavy atom. The van der Waals surface area contributed by atoms with Crippen molar-refractivity contribution in [3.63, 3.8) is 0 Å². The second kappa shape index (κ2) is 3.89. The number of hydrogen-bond acceptors (Lipinski definition) is 4. The number of rotatable bonds is 2. The van der Waals surface area contributed by atoms with Crippen LogP contribution in [0.2, 0.25) is 0 Å². The molecule has 2 rings (SSSR count). The first-order valence-electron chi connectivity index (χ1n) is 5.03. The van der Waals surface area contributed by atoms with Crippen LogP contribution in [0, 0.1) is 17.0 Å². The number of nitrogens with zero attached hydrogens (tertiary/aromatic N) is 3. The maximum absolute atomic E-state index is 10.9. The molecule has 0 unspecified atom stereocenters. The van der Waals surface area contributed by atoms with Gasteiger partial charge in [-0.3, -0.25) is 14.8 Å². The summed E-state index contributed by atoms with van der Waals surface area (Å²) >= 11 is 0. The molecule has 0 amide bonds. The van der Waals surface area contributed by atoms with Gasteiger partial charge >= 0.3 is 0 Å². The first kappa shape index (κ1) is 11.1. The summed E-state index contributed by atoms with van der Waals surface area (Å²) in [7, 11) is 1.75. The molecular formula is C11H12N4O2. The minimum absolute atomic E-state index is 0.0862. The molecule has 1 aromatic heterocycles. The summed E-state index contributed by atoms with van der Waals surface area (Å²) in [5.74, 6) is 0. The van der Waals surface area contributed by atoms with Crippen molar-refractivity contribution in [3.05, 3.63) is 40.1 Å². The molecule has 17 heavy (non-hydrogen) atoms. The maximum atomic E-state index is 10.9. The van der Waals surface area contributed by atoms with E-state index >= 15 is 0 Å². The van der Waals surface area contributed by atoms with Gasteiger partial charge in [-0.05, 0) is 6.92 Å². The number of benzene rings is 1. The molecule has 0 bridgehead atoms. The summed E-state index contributed by atoms with van der Waals surface area (Å²) in [6.45, 7) is 1.70. The average Bonchev–Trinajstić information content (AvgIpc) is 2.59. The summed E-state index contributed by atoms with van der Waals surface area (Å²) in [5.41, 5.74) is 8.38. The lowest BCUT2D eigenvalue weighted by atomic mass is 10.1. The van der Waals surface area contributed by atoms with Gasteiger partial charge in [-0.15, -0.1) is 0 Å². The number of nitrogens with two attached hydrogens (primary N) is 1. The van der Waals surface area contributed by atoms with Crippen LogP contribution < -0.4 is 5.73 Å². The van der Waals surface area contributed by atoms with Crippen molar-refractivity contribution < 1.29 is 4.92 Å². The van der Waals surface area contributed by atoms with Gasteiger partial charge < -0.3 is 5.73 Å². The van der Waals surface area contributed by atoms with Gasteiger partial charge in [0.2, 0.25) is 0 Å². The fourth-order valence-corrected chi connectivity index (χ4v) is 1.76. The Hall–Kier alpha value is -2.37. The van der Waals surface area contributed by atoms with Crippen LogP contribution in [0.4, 0.5) is 11.4 Å². The number of anilines is 1. The van der Waals surface area contributed by atoms with Crippen LogP contribution in [0.15, 0.2) is 24.4 Å². The molecule has 2 aromatic rings. The first-order chi connectivity index (χ1) is 8.00. The van der Waals surface area contributed by atoms with Crippen LogP contribution >= 0.6 is 0 Å². The van der Waals surface area contributed by atoms with E-state index in [-0.39, 0.29) is 5.69 Å². The van der Waals surface area contributed by atoms with Gasteiger partial charge in [-0.25, -0.2) is 0 Å². The first-order valence-corrected chi connectivity index (χ1v) is 5.03. The van der Waals surface area contributed by atoms with Gasteiger partial charge in [0.25, 0.3) is 5.69 Å². The van der Waals surface area contributed by atoms with E-state index in [9.17, 15) is 10.1 Å². The Labute approximate surface area is 97.8 Å². The van der Waals surface area contributed by atoms with Crippen LogP contribution in [0.25, 0.3) is 11.3 Å². The van der Waals surface area contributed by atoms with Gasteiger partial charge in [0, 0.05) is 24.2 Å². The molecule has 0 aliphatic rings. The largest absolute Gasteiger partial charge is 0.396 e.